The summed E-state index contributed by atoms with van der Waals surface area (Å²) in [4.78, 5) is 16.1. The summed E-state index contributed by atoms with van der Waals surface area (Å²) in [5.41, 5.74) is 6.43. The van der Waals surface area contributed by atoms with Crippen LogP contribution in [0.3, 0.4) is 0 Å². The third-order valence-corrected chi connectivity index (χ3v) is 3.08. The zero-order valence-corrected chi connectivity index (χ0v) is 12.6. The lowest BCUT2D eigenvalue weighted by Crippen LogP contribution is -2.13. The normalized spacial score (nSPS) is 10.3. The molecule has 0 saturated carbocycles. The number of hydrogen-bond acceptors (Lipinski definition) is 4. The summed E-state index contributed by atoms with van der Waals surface area (Å²) in [6, 6.07) is 5.34. The van der Waals surface area contributed by atoms with Gasteiger partial charge in [0.1, 0.15) is 11.4 Å². The monoisotopic (exact) mass is 338 g/mol. The Hall–Kier alpha value is -1.86. The number of anilines is 1. The smallest absolute Gasteiger partial charge is 0.275 e. The van der Waals surface area contributed by atoms with Gasteiger partial charge in [0, 0.05) is 35.5 Å². The van der Waals surface area contributed by atoms with Gasteiger partial charge in [-0.3, -0.25) is 4.79 Å². The van der Waals surface area contributed by atoms with E-state index in [0.717, 1.165) is 4.47 Å². The van der Waals surface area contributed by atoms with Gasteiger partial charge in [-0.2, -0.15) is 0 Å². The quantitative estimate of drug-likeness (QED) is 0.871. The summed E-state index contributed by atoms with van der Waals surface area (Å²) < 4.78 is 7.74. The van der Waals surface area contributed by atoms with Gasteiger partial charge in [0.05, 0.1) is 13.4 Å². The van der Waals surface area contributed by atoms with Crippen molar-refractivity contribution in [3.63, 3.8) is 0 Å². The van der Waals surface area contributed by atoms with Crippen LogP contribution in [0.2, 0.25) is 0 Å². The largest absolute Gasteiger partial charge is 0.497 e. The minimum absolute atomic E-state index is 0.277. The molecule has 1 aromatic heterocycles. The van der Waals surface area contributed by atoms with Crippen LogP contribution in [-0.2, 0) is 6.54 Å². The molecule has 1 aromatic carbocycles. The molecule has 0 aliphatic carbocycles. The van der Waals surface area contributed by atoms with Crippen LogP contribution in [0, 0.1) is 0 Å². The van der Waals surface area contributed by atoms with E-state index >= 15 is 0 Å². The van der Waals surface area contributed by atoms with Crippen LogP contribution in [-0.4, -0.2) is 29.1 Å². The Labute approximate surface area is 125 Å². The molecule has 6 nitrogen and oxygen atoms in total. The van der Waals surface area contributed by atoms with Gasteiger partial charge in [-0.1, -0.05) is 15.9 Å². The molecular formula is C13H15BrN4O2. The van der Waals surface area contributed by atoms with Crippen LogP contribution >= 0.6 is 15.9 Å². The fraction of sp³-hybridized carbons (Fsp3) is 0.231. The van der Waals surface area contributed by atoms with Gasteiger partial charge < -0.3 is 20.4 Å². The number of amides is 1. The molecule has 0 saturated heterocycles. The van der Waals surface area contributed by atoms with Crippen molar-refractivity contribution in [3.05, 3.63) is 40.9 Å². The number of imidazole rings is 1. The van der Waals surface area contributed by atoms with Crippen molar-refractivity contribution in [1.82, 2.24) is 9.55 Å². The molecule has 0 spiro atoms. The first-order valence-corrected chi connectivity index (χ1v) is 6.79. The molecule has 0 atom stereocenters. The van der Waals surface area contributed by atoms with Gasteiger partial charge >= 0.3 is 0 Å². The fourth-order valence-electron chi connectivity index (χ4n) is 1.70. The minimum atomic E-state index is -0.277. The summed E-state index contributed by atoms with van der Waals surface area (Å²) in [5, 5.41) is 2.77. The maximum Gasteiger partial charge on any atom is 0.275 e. The Morgan fingerprint density at radius 2 is 2.30 bits per heavy atom. The number of rotatable bonds is 5. The first-order chi connectivity index (χ1) is 9.62. The molecule has 0 bridgehead atoms. The molecule has 1 heterocycles. The molecule has 20 heavy (non-hydrogen) atoms. The van der Waals surface area contributed by atoms with E-state index in [1.54, 1.807) is 36.3 Å². The van der Waals surface area contributed by atoms with Crippen molar-refractivity contribution < 1.29 is 9.53 Å². The van der Waals surface area contributed by atoms with Gasteiger partial charge in [0.25, 0.3) is 5.91 Å². The van der Waals surface area contributed by atoms with Gasteiger partial charge in [0.2, 0.25) is 0 Å². The zero-order valence-electron chi connectivity index (χ0n) is 11.0. The van der Waals surface area contributed by atoms with Crippen molar-refractivity contribution in [1.29, 1.82) is 0 Å². The maximum absolute atomic E-state index is 12.1. The van der Waals surface area contributed by atoms with Crippen LogP contribution in [0.15, 0.2) is 35.2 Å². The Morgan fingerprint density at radius 3 is 3.00 bits per heavy atom. The van der Waals surface area contributed by atoms with Gasteiger partial charge in [-0.25, -0.2) is 4.98 Å². The summed E-state index contributed by atoms with van der Waals surface area (Å²) in [5.74, 6) is 0.379. The Morgan fingerprint density at radius 1 is 1.50 bits per heavy atom. The number of nitrogens with one attached hydrogen (secondary N) is 1. The second-order valence-electron chi connectivity index (χ2n) is 4.12. The second kappa shape index (κ2) is 6.53. The fourth-order valence-corrected chi connectivity index (χ4v) is 2.17. The zero-order chi connectivity index (χ0) is 14.5. The topological polar surface area (TPSA) is 82.2 Å². The number of nitrogens with two attached hydrogens (primary N) is 1. The first-order valence-electron chi connectivity index (χ1n) is 6.00. The standard InChI is InChI=1S/C13H15BrN4O2/c1-20-11-5-9(14)4-10(6-11)17-13(19)12-7-18(3-2-15)8-16-12/h4-8H,2-3,15H2,1H3,(H,17,19). The molecule has 0 fully saturated rings. The predicted octanol–water partition coefficient (Wildman–Crippen LogP) is 1.87. The summed E-state index contributed by atoms with van der Waals surface area (Å²) >= 11 is 3.36. The summed E-state index contributed by atoms with van der Waals surface area (Å²) in [7, 11) is 1.57. The molecule has 1 amide bonds. The lowest BCUT2D eigenvalue weighted by atomic mass is 10.3. The summed E-state index contributed by atoms with van der Waals surface area (Å²) in [6.07, 6.45) is 3.25. The molecular weight excluding hydrogens is 324 g/mol. The average Bonchev–Trinajstić information content (AvgIpc) is 2.87. The van der Waals surface area contributed by atoms with Crippen LogP contribution in [0.5, 0.6) is 5.75 Å². The highest BCUT2D eigenvalue weighted by Crippen LogP contribution is 2.24. The number of benzene rings is 1. The molecule has 3 N–H and O–H groups in total. The number of aromatic nitrogens is 2. The number of ether oxygens (including phenoxy) is 1. The SMILES string of the molecule is COc1cc(Br)cc(NC(=O)c2cn(CCN)cn2)c1. The Balaban J connectivity index is 2.12. The molecule has 0 unspecified atom stereocenters. The summed E-state index contributed by atoms with van der Waals surface area (Å²) in [6.45, 7) is 1.13. The number of carbonyl (C=O) groups excluding carboxylic acids is 1. The van der Waals surface area contributed by atoms with E-state index in [0.29, 0.717) is 30.2 Å². The van der Waals surface area contributed by atoms with Crippen molar-refractivity contribution in [3.8, 4) is 5.75 Å². The maximum atomic E-state index is 12.1. The van der Waals surface area contributed by atoms with Crippen molar-refractivity contribution in [2.75, 3.05) is 19.0 Å². The predicted molar refractivity (Wildman–Crippen MR) is 79.9 cm³/mol. The number of nitrogens with zero attached hydrogens (tertiary/aromatic N) is 2. The first kappa shape index (κ1) is 14.5. The van der Waals surface area contributed by atoms with E-state index in [1.165, 1.54) is 0 Å². The highest BCUT2D eigenvalue weighted by Gasteiger charge is 2.10. The molecule has 0 radical (unpaired) electrons. The average molecular weight is 339 g/mol. The Kier molecular flexibility index (Phi) is 4.75. The highest BCUT2D eigenvalue weighted by atomic mass is 79.9. The number of halogens is 1. The van der Waals surface area contributed by atoms with Crippen LogP contribution in [0.4, 0.5) is 5.69 Å². The molecule has 0 aliphatic rings. The van der Waals surface area contributed by atoms with Gasteiger partial charge in [-0.05, 0) is 12.1 Å². The van der Waals surface area contributed by atoms with E-state index in [9.17, 15) is 4.79 Å². The second-order valence-corrected chi connectivity index (χ2v) is 5.03. The molecule has 2 rings (SSSR count). The van der Waals surface area contributed by atoms with E-state index in [4.69, 9.17) is 10.5 Å². The number of hydrogen-bond donors (Lipinski definition) is 2. The third-order valence-electron chi connectivity index (χ3n) is 2.62. The van der Waals surface area contributed by atoms with E-state index < -0.39 is 0 Å². The lowest BCUT2D eigenvalue weighted by molar-refractivity contribution is 0.102. The van der Waals surface area contributed by atoms with E-state index in [-0.39, 0.29) is 5.91 Å². The number of carbonyl (C=O) groups is 1. The van der Waals surface area contributed by atoms with Crippen molar-refractivity contribution in [2.24, 2.45) is 5.73 Å². The highest BCUT2D eigenvalue weighted by molar-refractivity contribution is 9.10. The van der Waals surface area contributed by atoms with Gasteiger partial charge in [-0.15, -0.1) is 0 Å². The molecule has 2 aromatic rings. The Bertz CT molecular complexity index is 612. The van der Waals surface area contributed by atoms with Crippen molar-refractivity contribution >= 4 is 27.5 Å². The van der Waals surface area contributed by atoms with Gasteiger partial charge in [0.15, 0.2) is 0 Å². The molecule has 7 heteroatoms. The van der Waals surface area contributed by atoms with Crippen molar-refractivity contribution in [2.45, 2.75) is 6.54 Å². The van der Waals surface area contributed by atoms with Crippen LogP contribution < -0.4 is 15.8 Å². The van der Waals surface area contributed by atoms with E-state index in [2.05, 4.69) is 26.2 Å². The minimum Gasteiger partial charge on any atom is -0.497 e. The molecule has 106 valence electrons. The van der Waals surface area contributed by atoms with Crippen LogP contribution in [0.25, 0.3) is 0 Å². The lowest BCUT2D eigenvalue weighted by Gasteiger charge is -2.07. The van der Waals surface area contributed by atoms with Crippen LogP contribution in [0.1, 0.15) is 10.5 Å². The molecule has 0 aliphatic heterocycles. The third kappa shape index (κ3) is 3.58. The van der Waals surface area contributed by atoms with E-state index in [1.807, 2.05) is 6.07 Å². The number of methoxy groups -OCH3 is 1.